The van der Waals surface area contributed by atoms with Crippen LogP contribution in [0, 0.1) is 11.6 Å². The van der Waals surface area contributed by atoms with Crippen molar-refractivity contribution < 1.29 is 13.6 Å². The van der Waals surface area contributed by atoms with E-state index in [9.17, 15) is 13.6 Å². The minimum Gasteiger partial charge on any atom is -0.348 e. The third-order valence-corrected chi connectivity index (χ3v) is 3.07. The summed E-state index contributed by atoms with van der Waals surface area (Å²) in [6.45, 7) is 0.376. The molecule has 0 spiro atoms. The van der Waals surface area contributed by atoms with Gasteiger partial charge in [0.1, 0.15) is 11.6 Å². The summed E-state index contributed by atoms with van der Waals surface area (Å²) in [5, 5.41) is 2.69. The fourth-order valence-electron chi connectivity index (χ4n) is 2.21. The van der Waals surface area contributed by atoms with E-state index in [1.54, 1.807) is 18.2 Å². The van der Waals surface area contributed by atoms with Gasteiger partial charge in [-0.15, -0.1) is 0 Å². The zero-order valence-corrected chi connectivity index (χ0v) is 9.34. The monoisotopic (exact) mass is 245 g/mol. The highest BCUT2D eigenvalue weighted by Crippen LogP contribution is 2.31. The quantitative estimate of drug-likeness (QED) is 0.822. The van der Waals surface area contributed by atoms with Gasteiger partial charge >= 0.3 is 0 Å². The lowest BCUT2D eigenvalue weighted by molar-refractivity contribution is 0.0966. The van der Waals surface area contributed by atoms with Crippen LogP contribution in [-0.2, 0) is 6.54 Å². The molecule has 4 heteroatoms. The number of fused-ring (bicyclic) bond motifs is 1. The molecule has 2 aromatic carbocycles. The molecule has 0 radical (unpaired) electrons. The summed E-state index contributed by atoms with van der Waals surface area (Å²) >= 11 is 0. The Kier molecular flexibility index (Phi) is 2.37. The molecule has 0 saturated heterocycles. The average molecular weight is 245 g/mol. The Morgan fingerprint density at radius 3 is 2.56 bits per heavy atom. The van der Waals surface area contributed by atoms with E-state index in [1.807, 2.05) is 0 Å². The molecule has 1 aliphatic heterocycles. The van der Waals surface area contributed by atoms with E-state index in [-0.39, 0.29) is 5.91 Å². The second-order valence-corrected chi connectivity index (χ2v) is 4.14. The molecule has 0 aliphatic carbocycles. The van der Waals surface area contributed by atoms with Crippen LogP contribution in [0.4, 0.5) is 8.78 Å². The lowest BCUT2D eigenvalue weighted by Gasteiger charge is -2.08. The van der Waals surface area contributed by atoms with Crippen molar-refractivity contribution in [2.75, 3.05) is 0 Å². The number of hydrogen-bond donors (Lipinski definition) is 1. The first kappa shape index (κ1) is 10.9. The Bertz CT molecular complexity index is 652. The maximum atomic E-state index is 13.8. The SMILES string of the molecule is O=C1NCc2c1cccc2-c1ccc(F)cc1F. The molecule has 1 N–H and O–H groups in total. The lowest BCUT2D eigenvalue weighted by Crippen LogP contribution is -2.12. The molecule has 1 aliphatic rings. The van der Waals surface area contributed by atoms with Gasteiger partial charge in [-0.25, -0.2) is 8.78 Å². The van der Waals surface area contributed by atoms with Crippen molar-refractivity contribution in [3.63, 3.8) is 0 Å². The molecule has 0 atom stereocenters. The molecule has 90 valence electrons. The molecule has 0 fully saturated rings. The fourth-order valence-corrected chi connectivity index (χ4v) is 2.21. The van der Waals surface area contributed by atoms with Crippen LogP contribution in [0.5, 0.6) is 0 Å². The molecule has 0 unspecified atom stereocenters. The van der Waals surface area contributed by atoms with Crippen LogP contribution in [0.3, 0.4) is 0 Å². The highest BCUT2D eigenvalue weighted by molar-refractivity contribution is 6.00. The maximum absolute atomic E-state index is 13.8. The highest BCUT2D eigenvalue weighted by atomic mass is 19.1. The first-order valence-corrected chi connectivity index (χ1v) is 5.52. The maximum Gasteiger partial charge on any atom is 0.251 e. The van der Waals surface area contributed by atoms with Crippen molar-refractivity contribution in [3.8, 4) is 11.1 Å². The average Bonchev–Trinajstić information content (AvgIpc) is 2.72. The van der Waals surface area contributed by atoms with Crippen molar-refractivity contribution in [1.29, 1.82) is 0 Å². The van der Waals surface area contributed by atoms with Crippen LogP contribution >= 0.6 is 0 Å². The normalized spacial score (nSPS) is 13.3. The summed E-state index contributed by atoms with van der Waals surface area (Å²) in [4.78, 5) is 11.5. The van der Waals surface area contributed by atoms with Crippen LogP contribution in [0.2, 0.25) is 0 Å². The van der Waals surface area contributed by atoms with Gasteiger partial charge in [0.05, 0.1) is 0 Å². The molecule has 0 saturated carbocycles. The predicted molar refractivity (Wildman–Crippen MR) is 63.0 cm³/mol. The largest absolute Gasteiger partial charge is 0.348 e. The van der Waals surface area contributed by atoms with E-state index in [0.29, 0.717) is 23.2 Å². The van der Waals surface area contributed by atoms with Crippen molar-refractivity contribution in [2.45, 2.75) is 6.54 Å². The third kappa shape index (κ3) is 1.57. The smallest absolute Gasteiger partial charge is 0.251 e. The van der Waals surface area contributed by atoms with Gasteiger partial charge in [-0.1, -0.05) is 12.1 Å². The van der Waals surface area contributed by atoms with E-state index in [0.717, 1.165) is 11.6 Å². The van der Waals surface area contributed by atoms with Gasteiger partial charge in [0.25, 0.3) is 5.91 Å². The van der Waals surface area contributed by atoms with E-state index >= 15 is 0 Å². The number of halogens is 2. The van der Waals surface area contributed by atoms with Gasteiger partial charge < -0.3 is 5.32 Å². The number of carbonyl (C=O) groups excluding carboxylic acids is 1. The van der Waals surface area contributed by atoms with E-state index in [4.69, 9.17) is 0 Å². The van der Waals surface area contributed by atoms with E-state index < -0.39 is 11.6 Å². The number of benzene rings is 2. The minimum atomic E-state index is -0.622. The number of rotatable bonds is 1. The first-order valence-electron chi connectivity index (χ1n) is 5.52. The Labute approximate surface area is 102 Å². The minimum absolute atomic E-state index is 0.158. The van der Waals surface area contributed by atoms with Gasteiger partial charge in [-0.3, -0.25) is 4.79 Å². The van der Waals surface area contributed by atoms with Gasteiger partial charge in [-0.2, -0.15) is 0 Å². The van der Waals surface area contributed by atoms with Crippen LogP contribution in [-0.4, -0.2) is 5.91 Å². The van der Waals surface area contributed by atoms with Crippen molar-refractivity contribution in [2.24, 2.45) is 0 Å². The Morgan fingerprint density at radius 2 is 1.78 bits per heavy atom. The zero-order chi connectivity index (χ0) is 12.7. The zero-order valence-electron chi connectivity index (χ0n) is 9.34. The second-order valence-electron chi connectivity index (χ2n) is 4.14. The fraction of sp³-hybridized carbons (Fsp3) is 0.0714. The summed E-state index contributed by atoms with van der Waals surface area (Å²) in [5.74, 6) is -1.39. The van der Waals surface area contributed by atoms with E-state index in [1.165, 1.54) is 12.1 Å². The van der Waals surface area contributed by atoms with Gasteiger partial charge in [0.15, 0.2) is 0 Å². The summed E-state index contributed by atoms with van der Waals surface area (Å²) in [7, 11) is 0. The van der Waals surface area contributed by atoms with Crippen LogP contribution in [0.1, 0.15) is 15.9 Å². The summed E-state index contributed by atoms with van der Waals surface area (Å²) in [6.07, 6.45) is 0. The molecular weight excluding hydrogens is 236 g/mol. The number of carbonyl (C=O) groups is 1. The molecule has 2 aromatic rings. The van der Waals surface area contributed by atoms with Crippen LogP contribution in [0.25, 0.3) is 11.1 Å². The Balaban J connectivity index is 2.22. The molecule has 0 aromatic heterocycles. The highest BCUT2D eigenvalue weighted by Gasteiger charge is 2.22. The van der Waals surface area contributed by atoms with Crippen LogP contribution in [0.15, 0.2) is 36.4 Å². The first-order chi connectivity index (χ1) is 8.66. The van der Waals surface area contributed by atoms with Gasteiger partial charge in [0, 0.05) is 23.7 Å². The third-order valence-electron chi connectivity index (χ3n) is 3.07. The molecule has 18 heavy (non-hydrogen) atoms. The van der Waals surface area contributed by atoms with Gasteiger partial charge in [-0.05, 0) is 29.3 Å². The van der Waals surface area contributed by atoms with Crippen molar-refractivity contribution in [1.82, 2.24) is 5.32 Å². The number of amides is 1. The molecule has 1 amide bonds. The Hall–Kier alpha value is -2.23. The summed E-state index contributed by atoms with van der Waals surface area (Å²) in [6, 6.07) is 8.57. The molecule has 2 nitrogen and oxygen atoms in total. The second kappa shape index (κ2) is 3.91. The number of nitrogens with one attached hydrogen (secondary N) is 1. The molecule has 3 rings (SSSR count). The topological polar surface area (TPSA) is 29.1 Å². The lowest BCUT2D eigenvalue weighted by atomic mass is 9.96. The predicted octanol–water partition coefficient (Wildman–Crippen LogP) is 2.88. The molecule has 1 heterocycles. The van der Waals surface area contributed by atoms with Gasteiger partial charge in [0.2, 0.25) is 0 Å². The number of hydrogen-bond acceptors (Lipinski definition) is 1. The summed E-state index contributed by atoms with van der Waals surface area (Å²) in [5.41, 5.74) is 2.25. The van der Waals surface area contributed by atoms with Crippen molar-refractivity contribution >= 4 is 5.91 Å². The van der Waals surface area contributed by atoms with Crippen molar-refractivity contribution in [3.05, 3.63) is 59.2 Å². The molecular formula is C14H9F2NO. The Morgan fingerprint density at radius 1 is 1.00 bits per heavy atom. The standard InChI is InChI=1S/C14H9F2NO/c15-8-4-5-10(13(16)6-8)9-2-1-3-11-12(9)7-17-14(11)18/h1-6H,7H2,(H,17,18). The summed E-state index contributed by atoms with van der Waals surface area (Å²) < 4.78 is 26.6. The molecule has 0 bridgehead atoms. The van der Waals surface area contributed by atoms with Crippen LogP contribution < -0.4 is 5.32 Å². The van der Waals surface area contributed by atoms with E-state index in [2.05, 4.69) is 5.32 Å².